The first-order valence-electron chi connectivity index (χ1n) is 9.95. The Morgan fingerprint density at radius 1 is 0.844 bits per heavy atom. The first-order chi connectivity index (χ1) is 15.5. The normalized spacial score (nSPS) is 12.1. The molecular weight excluding hydrogens is 445 g/mol. The molecule has 158 valence electrons. The number of hydrogen-bond acceptors (Lipinski definition) is 2. The monoisotopic (exact) mass is 461 g/mol. The van der Waals surface area contributed by atoms with Gasteiger partial charge in [0.1, 0.15) is 0 Å². The molecule has 1 aliphatic rings. The zero-order valence-corrected chi connectivity index (χ0v) is 18.3. The molecular formula is C25H17Cl2N3O2. The number of nitrogens with zero attached hydrogens (tertiary/aromatic N) is 2. The summed E-state index contributed by atoms with van der Waals surface area (Å²) in [4.78, 5) is 27.6. The molecule has 4 aromatic rings. The predicted octanol–water partition coefficient (Wildman–Crippen LogP) is 6.20. The highest BCUT2D eigenvalue weighted by molar-refractivity contribution is 6.37. The lowest BCUT2D eigenvalue weighted by molar-refractivity contribution is 0.0982. The number of rotatable bonds is 3. The number of aromatic nitrogens is 1. The molecule has 0 fully saturated rings. The Balaban J connectivity index is 1.37. The van der Waals surface area contributed by atoms with E-state index in [-0.39, 0.29) is 16.8 Å². The number of benzene rings is 3. The summed E-state index contributed by atoms with van der Waals surface area (Å²) in [7, 11) is 0. The Morgan fingerprint density at radius 2 is 1.59 bits per heavy atom. The van der Waals surface area contributed by atoms with Gasteiger partial charge in [-0.15, -0.1) is 0 Å². The Bertz CT molecular complexity index is 1350. The minimum Gasteiger partial charge on any atom is -0.322 e. The second kappa shape index (κ2) is 8.19. The van der Waals surface area contributed by atoms with Crippen LogP contribution in [0.5, 0.6) is 0 Å². The number of hydrogen-bond donors (Lipinski definition) is 1. The van der Waals surface area contributed by atoms with Crippen molar-refractivity contribution in [3.63, 3.8) is 0 Å². The van der Waals surface area contributed by atoms with Crippen molar-refractivity contribution >= 4 is 46.4 Å². The summed E-state index contributed by atoms with van der Waals surface area (Å²) in [6.45, 7) is 0.483. The van der Waals surface area contributed by atoms with E-state index in [0.29, 0.717) is 28.4 Å². The van der Waals surface area contributed by atoms with Crippen LogP contribution >= 0.6 is 23.2 Å². The fraction of sp³-hybridized carbons (Fsp3) is 0.0400. The van der Waals surface area contributed by atoms with Gasteiger partial charge in [-0.3, -0.25) is 9.59 Å². The maximum absolute atomic E-state index is 13.3. The SMILES string of the molecule is O=C(Nc1ccc(C(=O)N2Cc3cccn3-c3ccccc32)cc1)c1ccc(Cl)cc1Cl. The summed E-state index contributed by atoms with van der Waals surface area (Å²) in [5, 5.41) is 3.53. The minimum absolute atomic E-state index is 0.108. The molecule has 5 rings (SSSR count). The van der Waals surface area contributed by atoms with Crippen molar-refractivity contribution in [1.82, 2.24) is 4.57 Å². The lowest BCUT2D eigenvalue weighted by Crippen LogP contribution is -2.34. The molecule has 5 nitrogen and oxygen atoms in total. The van der Waals surface area contributed by atoms with Crippen molar-refractivity contribution in [3.8, 4) is 5.69 Å². The molecule has 0 radical (unpaired) electrons. The van der Waals surface area contributed by atoms with Gasteiger partial charge < -0.3 is 14.8 Å². The molecule has 1 N–H and O–H groups in total. The van der Waals surface area contributed by atoms with E-state index in [1.807, 2.05) is 42.6 Å². The standard InChI is InChI=1S/C25H17Cl2N3O2/c26-17-9-12-20(21(27)14-17)24(31)28-18-10-7-16(8-11-18)25(32)30-15-19-4-3-13-29(19)22-5-1-2-6-23(22)30/h1-14H,15H2,(H,28,31). The molecule has 0 saturated carbocycles. The summed E-state index contributed by atoms with van der Waals surface area (Å²) in [5.41, 5.74) is 4.28. The third kappa shape index (κ3) is 3.66. The lowest BCUT2D eigenvalue weighted by atomic mass is 10.1. The van der Waals surface area contributed by atoms with Gasteiger partial charge in [0.05, 0.1) is 28.5 Å². The van der Waals surface area contributed by atoms with Crippen LogP contribution in [0.15, 0.2) is 85.1 Å². The van der Waals surface area contributed by atoms with Crippen LogP contribution in [0.4, 0.5) is 11.4 Å². The van der Waals surface area contributed by atoms with Crippen LogP contribution in [-0.2, 0) is 6.54 Å². The molecule has 1 aromatic heterocycles. The van der Waals surface area contributed by atoms with Crippen molar-refractivity contribution in [1.29, 1.82) is 0 Å². The zero-order valence-electron chi connectivity index (χ0n) is 16.8. The molecule has 32 heavy (non-hydrogen) atoms. The third-order valence-corrected chi connectivity index (χ3v) is 5.94. The molecule has 0 bridgehead atoms. The Kier molecular flexibility index (Phi) is 5.21. The number of fused-ring (bicyclic) bond motifs is 3. The van der Waals surface area contributed by atoms with Gasteiger partial charge >= 0.3 is 0 Å². The number of carbonyl (C=O) groups excluding carboxylic acids is 2. The number of anilines is 2. The van der Waals surface area contributed by atoms with Crippen LogP contribution in [0.1, 0.15) is 26.4 Å². The second-order valence-corrected chi connectivity index (χ2v) is 8.25. The summed E-state index contributed by atoms with van der Waals surface area (Å²) < 4.78 is 2.10. The smallest absolute Gasteiger partial charge is 0.258 e. The number of amides is 2. The highest BCUT2D eigenvalue weighted by Crippen LogP contribution is 2.33. The molecule has 2 amide bonds. The fourth-order valence-electron chi connectivity index (χ4n) is 3.83. The van der Waals surface area contributed by atoms with Crippen molar-refractivity contribution in [2.24, 2.45) is 0 Å². The fourth-order valence-corrected chi connectivity index (χ4v) is 4.32. The van der Waals surface area contributed by atoms with Crippen LogP contribution in [0.25, 0.3) is 5.69 Å². The number of halogens is 2. The van der Waals surface area contributed by atoms with Gasteiger partial charge in [0.15, 0.2) is 0 Å². The maximum atomic E-state index is 13.3. The third-order valence-electron chi connectivity index (χ3n) is 5.40. The zero-order chi connectivity index (χ0) is 22.2. The summed E-state index contributed by atoms with van der Waals surface area (Å²) >= 11 is 12.0. The molecule has 1 aliphatic heterocycles. The van der Waals surface area contributed by atoms with E-state index in [2.05, 4.69) is 9.88 Å². The second-order valence-electron chi connectivity index (χ2n) is 7.41. The highest BCUT2D eigenvalue weighted by atomic mass is 35.5. The van der Waals surface area contributed by atoms with E-state index in [4.69, 9.17) is 23.2 Å². The van der Waals surface area contributed by atoms with E-state index in [1.165, 1.54) is 6.07 Å². The predicted molar refractivity (Wildman–Crippen MR) is 127 cm³/mol. The van der Waals surface area contributed by atoms with Crippen molar-refractivity contribution < 1.29 is 9.59 Å². The Labute approximate surface area is 194 Å². The van der Waals surface area contributed by atoms with Crippen LogP contribution in [0, 0.1) is 0 Å². The van der Waals surface area contributed by atoms with Crippen molar-refractivity contribution in [2.45, 2.75) is 6.54 Å². The number of para-hydroxylation sites is 2. The highest BCUT2D eigenvalue weighted by Gasteiger charge is 2.26. The van der Waals surface area contributed by atoms with E-state index >= 15 is 0 Å². The van der Waals surface area contributed by atoms with Gasteiger partial charge in [-0.05, 0) is 66.7 Å². The summed E-state index contributed by atoms with van der Waals surface area (Å²) in [6, 6.07) is 23.3. The van der Waals surface area contributed by atoms with Crippen LogP contribution in [-0.4, -0.2) is 16.4 Å². The molecule has 0 saturated heterocycles. The van der Waals surface area contributed by atoms with E-state index in [9.17, 15) is 9.59 Å². The summed E-state index contributed by atoms with van der Waals surface area (Å²) in [6.07, 6.45) is 2.00. The van der Waals surface area contributed by atoms with E-state index in [1.54, 1.807) is 41.3 Å². The van der Waals surface area contributed by atoms with Gasteiger partial charge in [0, 0.05) is 28.2 Å². The number of carbonyl (C=O) groups is 2. The largest absolute Gasteiger partial charge is 0.322 e. The molecule has 0 unspecified atom stereocenters. The molecule has 0 aliphatic carbocycles. The van der Waals surface area contributed by atoms with Crippen molar-refractivity contribution in [3.05, 3.63) is 112 Å². The molecule has 7 heteroatoms. The molecule has 0 atom stereocenters. The molecule has 0 spiro atoms. The Morgan fingerprint density at radius 3 is 2.34 bits per heavy atom. The minimum atomic E-state index is -0.350. The van der Waals surface area contributed by atoms with Gasteiger partial charge in [0.25, 0.3) is 11.8 Å². The van der Waals surface area contributed by atoms with Crippen LogP contribution in [0.2, 0.25) is 10.0 Å². The first-order valence-corrected chi connectivity index (χ1v) is 10.7. The average molecular weight is 462 g/mol. The van der Waals surface area contributed by atoms with E-state index in [0.717, 1.165) is 17.1 Å². The van der Waals surface area contributed by atoms with Crippen molar-refractivity contribution in [2.75, 3.05) is 10.2 Å². The van der Waals surface area contributed by atoms with Gasteiger partial charge in [0.2, 0.25) is 0 Å². The Hall–Kier alpha value is -3.54. The lowest BCUT2D eigenvalue weighted by Gasteiger charge is -2.31. The maximum Gasteiger partial charge on any atom is 0.258 e. The molecule has 2 heterocycles. The molecule has 3 aromatic carbocycles. The first kappa shape index (κ1) is 20.4. The van der Waals surface area contributed by atoms with Gasteiger partial charge in [-0.1, -0.05) is 35.3 Å². The quantitative estimate of drug-likeness (QED) is 0.394. The van der Waals surface area contributed by atoms with E-state index < -0.39 is 0 Å². The van der Waals surface area contributed by atoms with Crippen LogP contribution in [0.3, 0.4) is 0 Å². The van der Waals surface area contributed by atoms with Gasteiger partial charge in [-0.2, -0.15) is 0 Å². The topological polar surface area (TPSA) is 54.3 Å². The number of nitrogens with one attached hydrogen (secondary N) is 1. The van der Waals surface area contributed by atoms with Crippen LogP contribution < -0.4 is 10.2 Å². The van der Waals surface area contributed by atoms with Gasteiger partial charge in [-0.25, -0.2) is 0 Å². The average Bonchev–Trinajstić information content (AvgIpc) is 3.27. The summed E-state index contributed by atoms with van der Waals surface area (Å²) in [5.74, 6) is -0.458.